The number of nitrogens with two attached hydrogens (primary N) is 1. The first kappa shape index (κ1) is 10.0. The minimum absolute atomic E-state index is 0.593. The highest BCUT2D eigenvalue weighted by atomic mass is 32.2. The molecule has 0 fully saturated rings. The predicted octanol–water partition coefficient (Wildman–Crippen LogP) is 2.75. The van der Waals surface area contributed by atoms with Crippen molar-refractivity contribution >= 4 is 28.8 Å². The van der Waals surface area contributed by atoms with Crippen LogP contribution >= 0.6 is 23.1 Å². The van der Waals surface area contributed by atoms with E-state index in [0.29, 0.717) is 11.3 Å². The van der Waals surface area contributed by atoms with Crippen molar-refractivity contribution in [1.29, 1.82) is 5.26 Å². The fourth-order valence-corrected chi connectivity index (χ4v) is 2.72. The van der Waals surface area contributed by atoms with Gasteiger partial charge in [-0.1, -0.05) is 11.8 Å². The third kappa shape index (κ3) is 2.29. The van der Waals surface area contributed by atoms with Gasteiger partial charge in [-0.2, -0.15) is 5.26 Å². The summed E-state index contributed by atoms with van der Waals surface area (Å²) in [6.45, 7) is 0. The standard InChI is InChI=1S/C10H7N3S2/c11-6-7-5-8(12)1-2-9(7)15-10-13-3-4-14-10/h1-5H,12H2. The van der Waals surface area contributed by atoms with E-state index in [1.165, 1.54) is 11.8 Å². The monoisotopic (exact) mass is 233 g/mol. The van der Waals surface area contributed by atoms with Crippen LogP contribution in [0.5, 0.6) is 0 Å². The SMILES string of the molecule is N#Cc1cc(N)ccc1Sc1nccs1. The van der Waals surface area contributed by atoms with Crippen molar-refractivity contribution in [2.45, 2.75) is 9.24 Å². The first-order valence-electron chi connectivity index (χ1n) is 4.16. The summed E-state index contributed by atoms with van der Waals surface area (Å²) < 4.78 is 0.927. The second kappa shape index (κ2) is 4.34. The minimum Gasteiger partial charge on any atom is -0.399 e. The van der Waals surface area contributed by atoms with Gasteiger partial charge in [0.25, 0.3) is 0 Å². The summed E-state index contributed by atoms with van der Waals surface area (Å²) in [6, 6.07) is 7.44. The number of benzene rings is 1. The lowest BCUT2D eigenvalue weighted by Gasteiger charge is -2.01. The Morgan fingerprint density at radius 3 is 3.00 bits per heavy atom. The fraction of sp³-hybridized carbons (Fsp3) is 0. The second-order valence-electron chi connectivity index (χ2n) is 2.77. The molecular formula is C10H7N3S2. The number of thiazole rings is 1. The Morgan fingerprint density at radius 1 is 1.47 bits per heavy atom. The number of nitrogens with zero attached hydrogens (tertiary/aromatic N) is 2. The number of nitrogen functional groups attached to an aromatic ring is 1. The first-order chi connectivity index (χ1) is 7.29. The summed E-state index contributed by atoms with van der Waals surface area (Å²) in [4.78, 5) is 5.04. The van der Waals surface area contributed by atoms with Crippen molar-refractivity contribution in [3.63, 3.8) is 0 Å². The van der Waals surface area contributed by atoms with Gasteiger partial charge in [0.05, 0.1) is 5.56 Å². The van der Waals surface area contributed by atoms with Gasteiger partial charge in [-0.25, -0.2) is 4.98 Å². The maximum Gasteiger partial charge on any atom is 0.154 e. The third-order valence-corrected chi connectivity index (χ3v) is 3.69. The third-order valence-electron chi connectivity index (χ3n) is 1.73. The average molecular weight is 233 g/mol. The molecule has 0 saturated heterocycles. The van der Waals surface area contributed by atoms with Crippen LogP contribution in [0.2, 0.25) is 0 Å². The molecule has 0 aliphatic carbocycles. The molecule has 1 aromatic carbocycles. The Balaban J connectivity index is 2.33. The molecule has 5 heteroatoms. The number of aromatic nitrogens is 1. The highest BCUT2D eigenvalue weighted by Crippen LogP contribution is 2.32. The Hall–Kier alpha value is -1.51. The molecule has 2 N–H and O–H groups in total. The van der Waals surface area contributed by atoms with Gasteiger partial charge in [-0.05, 0) is 18.2 Å². The van der Waals surface area contributed by atoms with Crippen molar-refractivity contribution in [3.8, 4) is 6.07 Å². The van der Waals surface area contributed by atoms with E-state index in [1.807, 2.05) is 11.4 Å². The normalized spacial score (nSPS) is 9.80. The summed E-state index contributed by atoms with van der Waals surface area (Å²) >= 11 is 3.04. The molecule has 1 heterocycles. The van der Waals surface area contributed by atoms with E-state index in [4.69, 9.17) is 11.0 Å². The fourth-order valence-electron chi connectivity index (χ4n) is 1.08. The van der Waals surface area contributed by atoms with Crippen molar-refractivity contribution in [3.05, 3.63) is 35.3 Å². The summed E-state index contributed by atoms with van der Waals surface area (Å²) in [5, 5.41) is 10.8. The van der Waals surface area contributed by atoms with Gasteiger partial charge in [-0.15, -0.1) is 11.3 Å². The number of rotatable bonds is 2. The van der Waals surface area contributed by atoms with Crippen LogP contribution in [0.4, 0.5) is 5.69 Å². The highest BCUT2D eigenvalue weighted by Gasteiger charge is 2.05. The molecule has 0 aliphatic heterocycles. The zero-order chi connectivity index (χ0) is 10.7. The lowest BCUT2D eigenvalue weighted by Crippen LogP contribution is -1.87. The Bertz CT molecular complexity index is 500. The Labute approximate surface area is 95.6 Å². The molecule has 15 heavy (non-hydrogen) atoms. The number of nitriles is 1. The number of hydrogen-bond acceptors (Lipinski definition) is 5. The number of anilines is 1. The molecule has 0 atom stereocenters. The maximum atomic E-state index is 8.94. The Kier molecular flexibility index (Phi) is 2.90. The van der Waals surface area contributed by atoms with Crippen LogP contribution in [-0.2, 0) is 0 Å². The smallest absolute Gasteiger partial charge is 0.154 e. The van der Waals surface area contributed by atoms with Crippen LogP contribution < -0.4 is 5.73 Å². The highest BCUT2D eigenvalue weighted by molar-refractivity contribution is 8.01. The maximum absolute atomic E-state index is 8.94. The molecule has 0 amide bonds. The van der Waals surface area contributed by atoms with Crippen molar-refractivity contribution in [2.24, 2.45) is 0 Å². The molecule has 0 saturated carbocycles. The Morgan fingerprint density at radius 2 is 2.33 bits per heavy atom. The lowest BCUT2D eigenvalue weighted by atomic mass is 10.2. The molecule has 0 unspecified atom stereocenters. The molecule has 74 valence electrons. The van der Waals surface area contributed by atoms with Gasteiger partial charge >= 0.3 is 0 Å². The topological polar surface area (TPSA) is 62.7 Å². The van der Waals surface area contributed by atoms with E-state index in [-0.39, 0.29) is 0 Å². The first-order valence-corrected chi connectivity index (χ1v) is 5.86. The molecule has 0 bridgehead atoms. The lowest BCUT2D eigenvalue weighted by molar-refractivity contribution is 1.24. The van der Waals surface area contributed by atoms with Crippen LogP contribution in [0.3, 0.4) is 0 Å². The zero-order valence-corrected chi connectivity index (χ0v) is 9.31. The van der Waals surface area contributed by atoms with Crippen molar-refractivity contribution in [2.75, 3.05) is 5.73 Å². The van der Waals surface area contributed by atoms with Gasteiger partial charge in [0.1, 0.15) is 6.07 Å². The molecule has 2 rings (SSSR count). The molecule has 3 nitrogen and oxygen atoms in total. The van der Waals surface area contributed by atoms with Crippen molar-refractivity contribution in [1.82, 2.24) is 4.98 Å². The van der Waals surface area contributed by atoms with E-state index in [2.05, 4.69) is 11.1 Å². The molecule has 0 spiro atoms. The van der Waals surface area contributed by atoms with Gasteiger partial charge in [0, 0.05) is 22.2 Å². The van der Waals surface area contributed by atoms with Gasteiger partial charge < -0.3 is 5.73 Å². The summed E-state index contributed by atoms with van der Waals surface area (Å²) in [5.74, 6) is 0. The van der Waals surface area contributed by atoms with Crippen LogP contribution in [0, 0.1) is 11.3 Å². The van der Waals surface area contributed by atoms with Crippen LogP contribution in [-0.4, -0.2) is 4.98 Å². The zero-order valence-electron chi connectivity index (χ0n) is 7.68. The summed E-state index contributed by atoms with van der Waals surface area (Å²) in [7, 11) is 0. The molecular weight excluding hydrogens is 226 g/mol. The van der Waals surface area contributed by atoms with Gasteiger partial charge in [-0.3, -0.25) is 0 Å². The summed E-state index contributed by atoms with van der Waals surface area (Å²) in [5.41, 5.74) is 6.80. The quantitative estimate of drug-likeness (QED) is 0.810. The average Bonchev–Trinajstić information content (AvgIpc) is 2.73. The number of hydrogen-bond donors (Lipinski definition) is 1. The van der Waals surface area contributed by atoms with Crippen LogP contribution in [0.15, 0.2) is 39.0 Å². The molecule has 0 aliphatic rings. The minimum atomic E-state index is 0.593. The van der Waals surface area contributed by atoms with Crippen LogP contribution in [0.25, 0.3) is 0 Å². The van der Waals surface area contributed by atoms with Gasteiger partial charge in [0.2, 0.25) is 0 Å². The molecule has 1 aromatic heterocycles. The van der Waals surface area contributed by atoms with E-state index in [1.54, 1.807) is 29.7 Å². The van der Waals surface area contributed by atoms with Crippen LogP contribution in [0.1, 0.15) is 5.56 Å². The largest absolute Gasteiger partial charge is 0.399 e. The predicted molar refractivity (Wildman–Crippen MR) is 61.8 cm³/mol. The molecule has 2 aromatic rings. The van der Waals surface area contributed by atoms with E-state index < -0.39 is 0 Å². The van der Waals surface area contributed by atoms with E-state index in [9.17, 15) is 0 Å². The second-order valence-corrected chi connectivity index (χ2v) is 4.95. The summed E-state index contributed by atoms with van der Waals surface area (Å²) in [6.07, 6.45) is 1.75. The van der Waals surface area contributed by atoms with Crippen molar-refractivity contribution < 1.29 is 0 Å². The molecule has 0 radical (unpaired) electrons. The van der Waals surface area contributed by atoms with Gasteiger partial charge in [0.15, 0.2) is 4.34 Å². The van der Waals surface area contributed by atoms with E-state index >= 15 is 0 Å². The van der Waals surface area contributed by atoms with E-state index in [0.717, 1.165) is 9.24 Å².